The number of nitrogens with zero attached hydrogens (tertiary/aromatic N) is 1. The monoisotopic (exact) mass is 335 g/mol. The molecule has 0 bridgehead atoms. The summed E-state index contributed by atoms with van der Waals surface area (Å²) >= 11 is 0. The first kappa shape index (κ1) is 15.8. The van der Waals surface area contributed by atoms with E-state index in [0.717, 1.165) is 11.1 Å². The lowest BCUT2D eigenvalue weighted by molar-refractivity contribution is -0.119. The van der Waals surface area contributed by atoms with Crippen LogP contribution in [-0.4, -0.2) is 35.3 Å². The van der Waals surface area contributed by atoms with Gasteiger partial charge in [0.25, 0.3) is 5.91 Å². The molecule has 3 N–H and O–H groups in total. The van der Waals surface area contributed by atoms with Crippen LogP contribution < -0.4 is 11.1 Å². The average molecular weight is 335 g/mol. The van der Waals surface area contributed by atoms with Crippen molar-refractivity contribution in [2.75, 3.05) is 11.9 Å². The fraction of sp³-hybridized carbons (Fsp3) is 0.300. The molecular formula is C20H21N3O2. The maximum absolute atomic E-state index is 13.0. The Morgan fingerprint density at radius 2 is 1.92 bits per heavy atom. The second-order valence-corrected chi connectivity index (χ2v) is 6.89. The number of carbonyl (C=O) groups excluding carboxylic acids is 2. The third kappa shape index (κ3) is 2.43. The van der Waals surface area contributed by atoms with Crippen LogP contribution in [-0.2, 0) is 4.79 Å². The van der Waals surface area contributed by atoms with Gasteiger partial charge in [0.2, 0.25) is 5.91 Å². The van der Waals surface area contributed by atoms with E-state index in [9.17, 15) is 9.59 Å². The van der Waals surface area contributed by atoms with E-state index in [1.165, 1.54) is 11.1 Å². The molecule has 2 amide bonds. The van der Waals surface area contributed by atoms with Crippen LogP contribution >= 0.6 is 0 Å². The molecule has 2 unspecified atom stereocenters. The Morgan fingerprint density at radius 1 is 1.12 bits per heavy atom. The summed E-state index contributed by atoms with van der Waals surface area (Å²) in [5.74, 6) is -0.324. The van der Waals surface area contributed by atoms with E-state index in [1.807, 2.05) is 24.3 Å². The maximum Gasteiger partial charge on any atom is 0.256 e. The van der Waals surface area contributed by atoms with Crippen LogP contribution in [0, 0.1) is 13.8 Å². The van der Waals surface area contributed by atoms with Crippen LogP contribution in [0.2, 0.25) is 0 Å². The van der Waals surface area contributed by atoms with E-state index >= 15 is 0 Å². The summed E-state index contributed by atoms with van der Waals surface area (Å²) in [4.78, 5) is 27.1. The fourth-order valence-corrected chi connectivity index (χ4v) is 3.80. The van der Waals surface area contributed by atoms with Crippen molar-refractivity contribution >= 4 is 17.5 Å². The van der Waals surface area contributed by atoms with Gasteiger partial charge in [-0.05, 0) is 54.7 Å². The minimum Gasteiger partial charge on any atom is -0.325 e. The van der Waals surface area contributed by atoms with Gasteiger partial charge in [-0.15, -0.1) is 0 Å². The van der Waals surface area contributed by atoms with Crippen molar-refractivity contribution in [2.45, 2.75) is 32.4 Å². The molecule has 0 spiro atoms. The molecule has 0 aliphatic carbocycles. The summed E-state index contributed by atoms with van der Waals surface area (Å²) in [6, 6.07) is 10.9. The SMILES string of the molecule is Cc1cccc(-c2ccc3c(c2)C(=O)N2CCC(N)C2C(=O)N3)c1C. The van der Waals surface area contributed by atoms with Gasteiger partial charge in [-0.25, -0.2) is 0 Å². The lowest BCUT2D eigenvalue weighted by atomic mass is 9.95. The molecule has 2 aromatic carbocycles. The van der Waals surface area contributed by atoms with Crippen LogP contribution in [0.25, 0.3) is 11.1 Å². The second-order valence-electron chi connectivity index (χ2n) is 6.89. The number of amides is 2. The number of hydrogen-bond acceptors (Lipinski definition) is 3. The molecule has 0 aromatic heterocycles. The van der Waals surface area contributed by atoms with E-state index in [2.05, 4.69) is 31.3 Å². The Labute approximate surface area is 146 Å². The molecule has 2 aliphatic rings. The minimum absolute atomic E-state index is 0.126. The van der Waals surface area contributed by atoms with Crippen molar-refractivity contribution in [3.8, 4) is 11.1 Å². The molecule has 2 aromatic rings. The molecule has 4 rings (SSSR count). The van der Waals surface area contributed by atoms with Crippen molar-refractivity contribution in [3.63, 3.8) is 0 Å². The fourth-order valence-electron chi connectivity index (χ4n) is 3.80. The quantitative estimate of drug-likeness (QED) is 0.840. The number of carbonyl (C=O) groups is 2. The Balaban J connectivity index is 1.82. The second kappa shape index (κ2) is 5.70. The highest BCUT2D eigenvalue weighted by Gasteiger charge is 2.43. The smallest absolute Gasteiger partial charge is 0.256 e. The Bertz CT molecular complexity index is 891. The molecule has 2 aliphatic heterocycles. The van der Waals surface area contributed by atoms with E-state index < -0.39 is 6.04 Å². The summed E-state index contributed by atoms with van der Waals surface area (Å²) in [5, 5.41) is 2.88. The molecule has 0 saturated carbocycles. The van der Waals surface area contributed by atoms with Crippen LogP contribution in [0.3, 0.4) is 0 Å². The number of fused-ring (bicyclic) bond motifs is 2. The van der Waals surface area contributed by atoms with Crippen LogP contribution in [0.1, 0.15) is 27.9 Å². The van der Waals surface area contributed by atoms with Crippen LogP contribution in [0.4, 0.5) is 5.69 Å². The lowest BCUT2D eigenvalue weighted by Crippen LogP contribution is -2.48. The third-order valence-corrected chi connectivity index (χ3v) is 5.40. The van der Waals surface area contributed by atoms with Crippen molar-refractivity contribution in [1.29, 1.82) is 0 Å². The van der Waals surface area contributed by atoms with Gasteiger partial charge in [0, 0.05) is 12.6 Å². The zero-order valence-electron chi connectivity index (χ0n) is 14.4. The predicted molar refractivity (Wildman–Crippen MR) is 97.4 cm³/mol. The first-order valence-corrected chi connectivity index (χ1v) is 8.55. The molecule has 1 fully saturated rings. The van der Waals surface area contributed by atoms with E-state index in [0.29, 0.717) is 24.2 Å². The normalized spacial score (nSPS) is 22.3. The van der Waals surface area contributed by atoms with Crippen molar-refractivity contribution in [2.24, 2.45) is 5.73 Å². The van der Waals surface area contributed by atoms with E-state index in [1.54, 1.807) is 4.90 Å². The van der Waals surface area contributed by atoms with E-state index in [-0.39, 0.29) is 17.9 Å². The highest BCUT2D eigenvalue weighted by Crippen LogP contribution is 2.33. The van der Waals surface area contributed by atoms with Crippen molar-refractivity contribution < 1.29 is 9.59 Å². The standard InChI is InChI=1S/C20H21N3O2/c1-11-4-3-5-14(12(11)2)13-6-7-17-15(10-13)20(25)23-9-8-16(21)18(23)19(24)22-17/h3-7,10,16,18H,8-9,21H2,1-2H3,(H,22,24). The number of aryl methyl sites for hydroxylation is 1. The summed E-state index contributed by atoms with van der Waals surface area (Å²) in [7, 11) is 0. The van der Waals surface area contributed by atoms with Gasteiger partial charge in [-0.2, -0.15) is 0 Å². The number of rotatable bonds is 1. The largest absolute Gasteiger partial charge is 0.325 e. The number of nitrogens with one attached hydrogen (secondary N) is 1. The molecular weight excluding hydrogens is 314 g/mol. The minimum atomic E-state index is -0.580. The van der Waals surface area contributed by atoms with Crippen LogP contribution in [0.5, 0.6) is 0 Å². The highest BCUT2D eigenvalue weighted by atomic mass is 16.2. The van der Waals surface area contributed by atoms with Gasteiger partial charge >= 0.3 is 0 Å². The Hall–Kier alpha value is -2.66. The van der Waals surface area contributed by atoms with Gasteiger partial charge in [0.05, 0.1) is 11.3 Å². The molecule has 1 saturated heterocycles. The van der Waals surface area contributed by atoms with Gasteiger partial charge < -0.3 is 16.0 Å². The van der Waals surface area contributed by atoms with Gasteiger partial charge in [0.1, 0.15) is 6.04 Å². The molecule has 2 heterocycles. The number of benzene rings is 2. The molecule has 128 valence electrons. The summed E-state index contributed by atoms with van der Waals surface area (Å²) in [6.07, 6.45) is 0.649. The molecule has 25 heavy (non-hydrogen) atoms. The number of anilines is 1. The van der Waals surface area contributed by atoms with Crippen molar-refractivity contribution in [1.82, 2.24) is 4.90 Å². The Morgan fingerprint density at radius 3 is 2.72 bits per heavy atom. The van der Waals surface area contributed by atoms with Gasteiger partial charge in [-0.3, -0.25) is 9.59 Å². The molecule has 5 heteroatoms. The number of nitrogens with two attached hydrogens (primary N) is 1. The molecule has 5 nitrogen and oxygen atoms in total. The zero-order chi connectivity index (χ0) is 17.7. The lowest BCUT2D eigenvalue weighted by Gasteiger charge is -2.22. The maximum atomic E-state index is 13.0. The molecule has 0 radical (unpaired) electrons. The Kier molecular flexibility index (Phi) is 3.62. The van der Waals surface area contributed by atoms with Crippen molar-refractivity contribution in [3.05, 3.63) is 53.1 Å². The summed E-state index contributed by atoms with van der Waals surface area (Å²) in [5.41, 5.74) is 11.6. The first-order chi connectivity index (χ1) is 12.0. The predicted octanol–water partition coefficient (Wildman–Crippen LogP) is 2.46. The summed E-state index contributed by atoms with van der Waals surface area (Å²) < 4.78 is 0. The zero-order valence-corrected chi connectivity index (χ0v) is 14.4. The van der Waals surface area contributed by atoms with Gasteiger partial charge in [0.15, 0.2) is 0 Å². The van der Waals surface area contributed by atoms with Gasteiger partial charge in [-0.1, -0.05) is 24.3 Å². The molecule has 2 atom stereocenters. The average Bonchev–Trinajstić information content (AvgIpc) is 2.94. The van der Waals surface area contributed by atoms with Crippen LogP contribution in [0.15, 0.2) is 36.4 Å². The topological polar surface area (TPSA) is 75.4 Å². The van der Waals surface area contributed by atoms with E-state index in [4.69, 9.17) is 5.73 Å². The first-order valence-electron chi connectivity index (χ1n) is 8.55. The summed E-state index contributed by atoms with van der Waals surface area (Å²) in [6.45, 7) is 4.67. The third-order valence-electron chi connectivity index (χ3n) is 5.40. The highest BCUT2D eigenvalue weighted by molar-refractivity contribution is 6.11. The number of hydrogen-bond donors (Lipinski definition) is 2.